The van der Waals surface area contributed by atoms with Gasteiger partial charge in [-0.3, -0.25) is 4.79 Å². The number of amides is 1. The number of rotatable bonds is 7. The summed E-state index contributed by atoms with van der Waals surface area (Å²) in [5.41, 5.74) is 0. The highest BCUT2D eigenvalue weighted by atomic mass is 32.2. The van der Waals surface area contributed by atoms with Crippen molar-refractivity contribution in [1.29, 1.82) is 0 Å². The Labute approximate surface area is 140 Å². The lowest BCUT2D eigenvalue weighted by atomic mass is 10.3. The van der Waals surface area contributed by atoms with Crippen molar-refractivity contribution in [1.82, 2.24) is 4.90 Å². The van der Waals surface area contributed by atoms with Gasteiger partial charge in [0.15, 0.2) is 0 Å². The molecular formula is C17H21NO2S2. The summed E-state index contributed by atoms with van der Waals surface area (Å²) >= 11 is 3.27. The van der Waals surface area contributed by atoms with Gasteiger partial charge in [-0.2, -0.15) is 0 Å². The molecule has 1 aromatic heterocycles. The van der Waals surface area contributed by atoms with Crippen molar-refractivity contribution in [2.75, 3.05) is 13.7 Å². The van der Waals surface area contributed by atoms with Crippen molar-refractivity contribution >= 4 is 29.0 Å². The first-order valence-electron chi connectivity index (χ1n) is 7.26. The summed E-state index contributed by atoms with van der Waals surface area (Å²) in [4.78, 5) is 16.8. The van der Waals surface area contributed by atoms with Gasteiger partial charge >= 0.3 is 0 Å². The second-order valence-corrected chi connectivity index (χ2v) is 7.31. The second kappa shape index (κ2) is 8.25. The van der Waals surface area contributed by atoms with Crippen molar-refractivity contribution < 1.29 is 9.53 Å². The number of methoxy groups -OCH3 is 1. The van der Waals surface area contributed by atoms with Crippen molar-refractivity contribution in [3.05, 3.63) is 46.7 Å². The van der Waals surface area contributed by atoms with Crippen LogP contribution in [0.1, 0.15) is 18.7 Å². The average molecular weight is 335 g/mol. The number of nitrogens with zero attached hydrogens (tertiary/aromatic N) is 1. The lowest BCUT2D eigenvalue weighted by Crippen LogP contribution is -2.35. The number of hydrogen-bond acceptors (Lipinski definition) is 4. The molecule has 2 aromatic rings. The minimum atomic E-state index is -0.103. The topological polar surface area (TPSA) is 29.5 Å². The number of carbonyl (C=O) groups excluding carboxylic acids is 1. The van der Waals surface area contributed by atoms with Crippen molar-refractivity contribution in [2.45, 2.75) is 30.5 Å². The molecule has 0 aliphatic heterocycles. The first-order valence-corrected chi connectivity index (χ1v) is 9.01. The van der Waals surface area contributed by atoms with Crippen molar-refractivity contribution in [3.8, 4) is 5.75 Å². The molecule has 0 aliphatic rings. The van der Waals surface area contributed by atoms with Gasteiger partial charge in [0.1, 0.15) is 5.75 Å². The van der Waals surface area contributed by atoms with E-state index in [1.165, 1.54) is 4.88 Å². The molecule has 2 rings (SSSR count). The van der Waals surface area contributed by atoms with Crippen LogP contribution in [0, 0.1) is 0 Å². The summed E-state index contributed by atoms with van der Waals surface area (Å²) in [7, 11) is 1.65. The Morgan fingerprint density at radius 3 is 2.59 bits per heavy atom. The highest BCUT2D eigenvalue weighted by Gasteiger charge is 2.20. The van der Waals surface area contributed by atoms with Crippen LogP contribution in [0.15, 0.2) is 46.7 Å². The Hall–Kier alpha value is -1.46. The van der Waals surface area contributed by atoms with Crippen molar-refractivity contribution in [2.24, 2.45) is 0 Å². The van der Waals surface area contributed by atoms with Gasteiger partial charge in [-0.15, -0.1) is 23.1 Å². The lowest BCUT2D eigenvalue weighted by molar-refractivity contribution is -0.130. The Morgan fingerprint density at radius 2 is 2.05 bits per heavy atom. The molecule has 1 amide bonds. The zero-order valence-electron chi connectivity index (χ0n) is 13.1. The van der Waals surface area contributed by atoms with E-state index in [9.17, 15) is 4.79 Å². The third-order valence-electron chi connectivity index (χ3n) is 3.34. The predicted molar refractivity (Wildman–Crippen MR) is 93.7 cm³/mol. The molecule has 0 bridgehead atoms. The van der Waals surface area contributed by atoms with E-state index in [-0.39, 0.29) is 11.2 Å². The Morgan fingerprint density at radius 1 is 1.32 bits per heavy atom. The molecule has 3 nitrogen and oxygen atoms in total. The molecule has 22 heavy (non-hydrogen) atoms. The Kier molecular flexibility index (Phi) is 6.34. The number of hydrogen-bond donors (Lipinski definition) is 0. The maximum atomic E-state index is 12.6. The monoisotopic (exact) mass is 335 g/mol. The van der Waals surface area contributed by atoms with Crippen LogP contribution in [-0.4, -0.2) is 29.7 Å². The summed E-state index contributed by atoms with van der Waals surface area (Å²) in [5.74, 6) is 1.01. The van der Waals surface area contributed by atoms with Crippen molar-refractivity contribution in [3.63, 3.8) is 0 Å². The molecule has 118 valence electrons. The van der Waals surface area contributed by atoms with Crippen LogP contribution in [0.4, 0.5) is 0 Å². The van der Waals surface area contributed by atoms with E-state index >= 15 is 0 Å². The van der Waals surface area contributed by atoms with Gasteiger partial charge in [0, 0.05) is 16.3 Å². The third kappa shape index (κ3) is 4.52. The molecule has 1 heterocycles. The van der Waals surface area contributed by atoms with Gasteiger partial charge in [-0.05, 0) is 49.6 Å². The molecule has 0 fully saturated rings. The normalized spacial score (nSPS) is 12.0. The molecule has 1 aromatic carbocycles. The van der Waals surface area contributed by atoms with E-state index in [1.54, 1.807) is 30.2 Å². The summed E-state index contributed by atoms with van der Waals surface area (Å²) in [6.45, 7) is 5.41. The standard InChI is InChI=1S/C17H21NO2S2/c1-4-18(12-16-6-5-11-21-16)17(19)13(2)22-15-9-7-14(20-3)8-10-15/h5-11,13H,4,12H2,1-3H3. The van der Waals surface area contributed by atoms with Crippen LogP contribution in [0.2, 0.25) is 0 Å². The third-order valence-corrected chi connectivity index (χ3v) is 5.30. The number of carbonyl (C=O) groups is 1. The van der Waals surface area contributed by atoms with Crippen LogP contribution in [0.3, 0.4) is 0 Å². The largest absolute Gasteiger partial charge is 0.497 e. The van der Waals surface area contributed by atoms with E-state index in [2.05, 4.69) is 6.07 Å². The van der Waals surface area contributed by atoms with Crippen LogP contribution in [-0.2, 0) is 11.3 Å². The van der Waals surface area contributed by atoms with E-state index in [1.807, 2.05) is 54.5 Å². The van der Waals surface area contributed by atoms with E-state index in [0.29, 0.717) is 6.54 Å². The summed E-state index contributed by atoms with van der Waals surface area (Å²) in [6.07, 6.45) is 0. The summed E-state index contributed by atoms with van der Waals surface area (Å²) in [6, 6.07) is 11.9. The number of thiophene rings is 1. The summed E-state index contributed by atoms with van der Waals surface area (Å²) < 4.78 is 5.15. The zero-order valence-corrected chi connectivity index (χ0v) is 14.7. The van der Waals surface area contributed by atoms with Crippen LogP contribution in [0.25, 0.3) is 0 Å². The smallest absolute Gasteiger partial charge is 0.236 e. The SMILES string of the molecule is CCN(Cc1cccs1)C(=O)C(C)Sc1ccc(OC)cc1. The van der Waals surface area contributed by atoms with Gasteiger partial charge in [0.2, 0.25) is 5.91 Å². The Bertz CT molecular complexity index is 581. The predicted octanol–water partition coefficient (Wildman–Crippen LogP) is 4.29. The molecule has 0 radical (unpaired) electrons. The molecule has 0 spiro atoms. The Balaban J connectivity index is 1.96. The zero-order chi connectivity index (χ0) is 15.9. The molecule has 5 heteroatoms. The minimum absolute atomic E-state index is 0.103. The maximum absolute atomic E-state index is 12.6. The molecule has 0 aliphatic carbocycles. The number of thioether (sulfide) groups is 1. The molecule has 1 unspecified atom stereocenters. The molecular weight excluding hydrogens is 314 g/mol. The van der Waals surface area contributed by atoms with E-state index < -0.39 is 0 Å². The number of ether oxygens (including phenoxy) is 1. The van der Waals surface area contributed by atoms with Crippen LogP contribution in [0.5, 0.6) is 5.75 Å². The van der Waals surface area contributed by atoms with E-state index in [0.717, 1.165) is 17.2 Å². The first kappa shape index (κ1) is 16.9. The molecule has 0 N–H and O–H groups in total. The fourth-order valence-corrected chi connectivity index (χ4v) is 3.77. The number of benzene rings is 1. The minimum Gasteiger partial charge on any atom is -0.497 e. The van der Waals surface area contributed by atoms with Gasteiger partial charge in [-0.1, -0.05) is 6.07 Å². The molecule has 0 saturated carbocycles. The van der Waals surface area contributed by atoms with E-state index in [4.69, 9.17) is 4.74 Å². The molecule has 1 atom stereocenters. The quantitative estimate of drug-likeness (QED) is 0.707. The summed E-state index contributed by atoms with van der Waals surface area (Å²) in [5, 5.41) is 1.94. The van der Waals surface area contributed by atoms with Gasteiger partial charge in [0.05, 0.1) is 18.9 Å². The second-order valence-electron chi connectivity index (χ2n) is 4.87. The van der Waals surface area contributed by atoms with Crippen LogP contribution >= 0.6 is 23.1 Å². The first-order chi connectivity index (χ1) is 10.6. The highest BCUT2D eigenvalue weighted by molar-refractivity contribution is 8.00. The average Bonchev–Trinajstić information content (AvgIpc) is 3.05. The lowest BCUT2D eigenvalue weighted by Gasteiger charge is -2.23. The fourth-order valence-electron chi connectivity index (χ4n) is 2.10. The van der Waals surface area contributed by atoms with Gasteiger partial charge in [0.25, 0.3) is 0 Å². The van der Waals surface area contributed by atoms with Gasteiger partial charge < -0.3 is 9.64 Å². The van der Waals surface area contributed by atoms with Gasteiger partial charge in [-0.25, -0.2) is 0 Å². The fraction of sp³-hybridized carbons (Fsp3) is 0.353. The molecule has 0 saturated heterocycles. The maximum Gasteiger partial charge on any atom is 0.236 e. The highest BCUT2D eigenvalue weighted by Crippen LogP contribution is 2.27. The van der Waals surface area contributed by atoms with Crippen LogP contribution < -0.4 is 4.74 Å².